The third kappa shape index (κ3) is 4.86. The molecular weight excluding hydrogens is 356 g/mol. The lowest BCUT2D eigenvalue weighted by Gasteiger charge is -2.46. The summed E-state index contributed by atoms with van der Waals surface area (Å²) in [5.41, 5.74) is -0.0773. The van der Waals surface area contributed by atoms with Crippen LogP contribution < -0.4 is 10.6 Å². The molecule has 0 unspecified atom stereocenters. The van der Waals surface area contributed by atoms with Gasteiger partial charge in [0.2, 0.25) is 0 Å². The molecule has 0 aromatic carbocycles. The van der Waals surface area contributed by atoms with E-state index in [1.807, 2.05) is 13.8 Å². The molecule has 2 aromatic rings. The summed E-state index contributed by atoms with van der Waals surface area (Å²) < 4.78 is 10.8. The molecule has 0 saturated heterocycles. The first kappa shape index (κ1) is 20.2. The number of aryl methyl sites for hydroxylation is 2. The molecular formula is C22H30N2O4. The second-order valence-electron chi connectivity index (χ2n) is 9.23. The fourth-order valence-corrected chi connectivity index (χ4v) is 4.62. The van der Waals surface area contributed by atoms with Gasteiger partial charge in [-0.15, -0.1) is 0 Å². The van der Waals surface area contributed by atoms with Crippen molar-refractivity contribution in [2.75, 3.05) is 6.54 Å². The summed E-state index contributed by atoms with van der Waals surface area (Å²) in [5.74, 6) is 1.71. The van der Waals surface area contributed by atoms with Gasteiger partial charge in [-0.05, 0) is 68.2 Å². The van der Waals surface area contributed by atoms with Crippen molar-refractivity contribution in [3.8, 4) is 0 Å². The molecule has 0 radical (unpaired) electrons. The third-order valence-corrected chi connectivity index (χ3v) is 5.38. The average Bonchev–Trinajstić information content (AvgIpc) is 3.19. The van der Waals surface area contributed by atoms with Crippen LogP contribution in [0.15, 0.2) is 33.1 Å². The summed E-state index contributed by atoms with van der Waals surface area (Å²) in [5, 5.41) is 6.12. The molecule has 0 bridgehead atoms. The van der Waals surface area contributed by atoms with Gasteiger partial charge in [-0.2, -0.15) is 0 Å². The summed E-state index contributed by atoms with van der Waals surface area (Å²) >= 11 is 0. The molecule has 0 aliphatic heterocycles. The molecule has 1 fully saturated rings. The second kappa shape index (κ2) is 7.49. The van der Waals surface area contributed by atoms with Gasteiger partial charge in [-0.1, -0.05) is 20.8 Å². The van der Waals surface area contributed by atoms with Gasteiger partial charge in [0.05, 0.1) is 0 Å². The molecule has 6 nitrogen and oxygen atoms in total. The minimum atomic E-state index is -0.204. The number of hydrogen-bond acceptors (Lipinski definition) is 4. The highest BCUT2D eigenvalue weighted by molar-refractivity contribution is 5.92. The summed E-state index contributed by atoms with van der Waals surface area (Å²) in [7, 11) is 0. The molecule has 2 atom stereocenters. The fraction of sp³-hybridized carbons (Fsp3) is 0.545. The Morgan fingerprint density at radius 2 is 1.54 bits per heavy atom. The highest BCUT2D eigenvalue weighted by Crippen LogP contribution is 2.45. The lowest BCUT2D eigenvalue weighted by molar-refractivity contribution is 0.0576. The zero-order valence-corrected chi connectivity index (χ0v) is 17.3. The van der Waals surface area contributed by atoms with E-state index in [1.54, 1.807) is 24.3 Å². The number of nitrogens with one attached hydrogen (secondary N) is 2. The summed E-state index contributed by atoms with van der Waals surface area (Å²) in [6, 6.07) is 6.97. The number of hydrogen-bond donors (Lipinski definition) is 2. The predicted octanol–water partition coefficient (Wildman–Crippen LogP) is 4.23. The Hall–Kier alpha value is -2.50. The van der Waals surface area contributed by atoms with Gasteiger partial charge in [0.15, 0.2) is 11.5 Å². The Labute approximate surface area is 166 Å². The molecule has 0 spiro atoms. The van der Waals surface area contributed by atoms with Crippen LogP contribution in [0, 0.1) is 24.7 Å². The maximum atomic E-state index is 12.5. The van der Waals surface area contributed by atoms with Crippen LogP contribution in [-0.2, 0) is 0 Å². The highest BCUT2D eigenvalue weighted by Gasteiger charge is 2.42. The van der Waals surface area contributed by atoms with Crippen molar-refractivity contribution >= 4 is 11.8 Å². The van der Waals surface area contributed by atoms with Gasteiger partial charge in [-0.3, -0.25) is 9.59 Å². The van der Waals surface area contributed by atoms with Crippen LogP contribution in [0.2, 0.25) is 0 Å². The fourth-order valence-electron chi connectivity index (χ4n) is 4.62. The molecule has 2 N–H and O–H groups in total. The van der Waals surface area contributed by atoms with Crippen LogP contribution >= 0.6 is 0 Å². The number of carbonyl (C=O) groups is 2. The zero-order valence-electron chi connectivity index (χ0n) is 17.3. The maximum Gasteiger partial charge on any atom is 0.287 e. The lowest BCUT2D eigenvalue weighted by Crippen LogP contribution is -2.50. The summed E-state index contributed by atoms with van der Waals surface area (Å²) in [6.07, 6.45) is 2.64. The largest absolute Gasteiger partial charge is 0.456 e. The number of carbonyl (C=O) groups excluding carboxylic acids is 2. The SMILES string of the molecule is Cc1ccc(C(=O)NC[C@]2(C)C[C@H](NC(=O)c3ccc(C)o3)CC(C)(C)C2)o1. The minimum Gasteiger partial charge on any atom is -0.456 e. The third-order valence-electron chi connectivity index (χ3n) is 5.38. The smallest absolute Gasteiger partial charge is 0.287 e. The predicted molar refractivity (Wildman–Crippen MR) is 106 cm³/mol. The Balaban J connectivity index is 1.64. The van der Waals surface area contributed by atoms with E-state index in [-0.39, 0.29) is 28.7 Å². The van der Waals surface area contributed by atoms with E-state index in [0.29, 0.717) is 23.8 Å². The van der Waals surface area contributed by atoms with Crippen molar-refractivity contribution in [1.29, 1.82) is 0 Å². The Kier molecular flexibility index (Phi) is 5.41. The van der Waals surface area contributed by atoms with Gasteiger partial charge >= 0.3 is 0 Å². The van der Waals surface area contributed by atoms with Crippen molar-refractivity contribution in [2.24, 2.45) is 10.8 Å². The quantitative estimate of drug-likeness (QED) is 0.805. The molecule has 6 heteroatoms. The molecule has 152 valence electrons. The van der Waals surface area contributed by atoms with Crippen molar-refractivity contribution in [1.82, 2.24) is 10.6 Å². The first-order valence-corrected chi connectivity index (χ1v) is 9.77. The zero-order chi connectivity index (χ0) is 20.5. The van der Waals surface area contributed by atoms with E-state index in [9.17, 15) is 9.59 Å². The lowest BCUT2D eigenvalue weighted by atomic mass is 9.62. The van der Waals surface area contributed by atoms with Crippen LogP contribution in [0.25, 0.3) is 0 Å². The standard InChI is InChI=1S/C22H30N2O4/c1-14-6-8-17(27-14)19(25)23-13-22(5)11-16(10-21(3,4)12-22)24-20(26)18-9-7-15(2)28-18/h6-9,16H,10-13H2,1-5H3,(H,23,25)(H,24,26)/t16-,22-/m1/s1. The van der Waals surface area contributed by atoms with E-state index in [0.717, 1.165) is 25.0 Å². The maximum absolute atomic E-state index is 12.5. The van der Waals surface area contributed by atoms with Crippen molar-refractivity contribution in [3.05, 3.63) is 47.3 Å². The van der Waals surface area contributed by atoms with Crippen molar-refractivity contribution in [2.45, 2.75) is 59.9 Å². The van der Waals surface area contributed by atoms with Crippen molar-refractivity contribution in [3.63, 3.8) is 0 Å². The van der Waals surface area contributed by atoms with Gasteiger partial charge in [-0.25, -0.2) is 0 Å². The number of furan rings is 2. The van der Waals surface area contributed by atoms with E-state index in [2.05, 4.69) is 31.4 Å². The summed E-state index contributed by atoms with van der Waals surface area (Å²) in [6.45, 7) is 10.7. The van der Waals surface area contributed by atoms with Crippen LogP contribution in [0.1, 0.15) is 72.7 Å². The van der Waals surface area contributed by atoms with Crippen LogP contribution in [0.5, 0.6) is 0 Å². The first-order chi connectivity index (χ1) is 13.1. The van der Waals surface area contributed by atoms with Gasteiger partial charge in [0.25, 0.3) is 11.8 Å². The molecule has 28 heavy (non-hydrogen) atoms. The van der Waals surface area contributed by atoms with E-state index < -0.39 is 0 Å². The van der Waals surface area contributed by atoms with E-state index in [4.69, 9.17) is 8.83 Å². The highest BCUT2D eigenvalue weighted by atomic mass is 16.4. The van der Waals surface area contributed by atoms with Crippen LogP contribution in [0.4, 0.5) is 0 Å². The summed E-state index contributed by atoms with van der Waals surface area (Å²) in [4.78, 5) is 24.9. The molecule has 3 rings (SSSR count). The normalized spacial score (nSPS) is 24.0. The minimum absolute atomic E-state index is 0.0226. The van der Waals surface area contributed by atoms with Crippen LogP contribution in [-0.4, -0.2) is 24.4 Å². The molecule has 1 aliphatic carbocycles. The van der Waals surface area contributed by atoms with Gasteiger partial charge in [0.1, 0.15) is 11.5 Å². The average molecular weight is 386 g/mol. The Bertz CT molecular complexity index is 864. The molecule has 2 heterocycles. The van der Waals surface area contributed by atoms with Gasteiger partial charge in [0, 0.05) is 12.6 Å². The van der Waals surface area contributed by atoms with Crippen molar-refractivity contribution < 1.29 is 18.4 Å². The topological polar surface area (TPSA) is 84.5 Å². The first-order valence-electron chi connectivity index (χ1n) is 9.77. The second-order valence-corrected chi connectivity index (χ2v) is 9.23. The monoisotopic (exact) mass is 386 g/mol. The molecule has 2 amide bonds. The molecule has 1 aliphatic rings. The molecule has 2 aromatic heterocycles. The molecule has 1 saturated carbocycles. The number of rotatable bonds is 5. The Morgan fingerprint density at radius 3 is 2.07 bits per heavy atom. The van der Waals surface area contributed by atoms with E-state index in [1.165, 1.54) is 0 Å². The van der Waals surface area contributed by atoms with Gasteiger partial charge < -0.3 is 19.5 Å². The van der Waals surface area contributed by atoms with E-state index >= 15 is 0 Å². The Morgan fingerprint density at radius 1 is 0.964 bits per heavy atom. The number of amides is 2. The van der Waals surface area contributed by atoms with Crippen LogP contribution in [0.3, 0.4) is 0 Å².